The van der Waals surface area contributed by atoms with Crippen LogP contribution in [0.15, 0.2) is 17.1 Å². The van der Waals surface area contributed by atoms with Gasteiger partial charge in [0.1, 0.15) is 5.75 Å². The molecule has 0 spiro atoms. The molecule has 1 atom stereocenters. The van der Waals surface area contributed by atoms with E-state index >= 15 is 0 Å². The predicted molar refractivity (Wildman–Crippen MR) is 96.6 cm³/mol. The first-order valence-corrected chi connectivity index (χ1v) is 8.49. The molecular formula is C17H23ClN4O3. The van der Waals surface area contributed by atoms with E-state index in [1.54, 1.807) is 6.07 Å². The van der Waals surface area contributed by atoms with Crippen molar-refractivity contribution < 1.29 is 14.3 Å². The van der Waals surface area contributed by atoms with E-state index in [4.69, 9.17) is 27.8 Å². The van der Waals surface area contributed by atoms with Gasteiger partial charge in [0.05, 0.1) is 30.1 Å². The van der Waals surface area contributed by atoms with Crippen LogP contribution in [0.2, 0.25) is 5.02 Å². The molecule has 0 saturated carbocycles. The molecular weight excluding hydrogens is 344 g/mol. The number of amides is 2. The number of benzene rings is 1. The van der Waals surface area contributed by atoms with Crippen LogP contribution in [0.1, 0.15) is 49.5 Å². The lowest BCUT2D eigenvalue weighted by Gasteiger charge is -2.34. The molecule has 1 heterocycles. The first kappa shape index (κ1) is 19.1. The van der Waals surface area contributed by atoms with Crippen molar-refractivity contribution in [2.45, 2.75) is 45.7 Å². The number of rotatable bonds is 6. The molecule has 25 heavy (non-hydrogen) atoms. The molecule has 2 rings (SSSR count). The van der Waals surface area contributed by atoms with Gasteiger partial charge in [0.15, 0.2) is 5.96 Å². The minimum atomic E-state index is -0.614. The Hall–Kier alpha value is -2.28. The zero-order valence-corrected chi connectivity index (χ0v) is 15.4. The number of ether oxygens (including phenoxy) is 1. The summed E-state index contributed by atoms with van der Waals surface area (Å²) in [5, 5.41) is 0.256. The van der Waals surface area contributed by atoms with Crippen molar-refractivity contribution >= 4 is 29.4 Å². The van der Waals surface area contributed by atoms with Gasteiger partial charge < -0.3 is 16.2 Å². The van der Waals surface area contributed by atoms with Crippen LogP contribution in [0.25, 0.3) is 0 Å². The molecule has 2 amide bonds. The first-order valence-electron chi connectivity index (χ1n) is 8.11. The van der Waals surface area contributed by atoms with E-state index in [0.29, 0.717) is 24.3 Å². The van der Waals surface area contributed by atoms with Crippen molar-refractivity contribution in [3.63, 3.8) is 0 Å². The van der Waals surface area contributed by atoms with Crippen LogP contribution in [0.4, 0.5) is 0 Å². The Morgan fingerprint density at radius 1 is 1.44 bits per heavy atom. The number of nitrogens with two attached hydrogens (primary N) is 2. The standard InChI is InChI=1S/C17H23ClN4O3/c1-4-17(3)8-13(23)22(16(20)21-17)9-11-6-10(15(19)24)7-12(18)14(11)25-5-2/h6-7H,4-5,8-9H2,1-3H3,(H2,19,24)(H2,20,21). The molecule has 0 saturated heterocycles. The van der Waals surface area contributed by atoms with Gasteiger partial charge in [-0.2, -0.15) is 0 Å². The second-order valence-corrected chi connectivity index (χ2v) is 6.63. The van der Waals surface area contributed by atoms with Crippen LogP contribution in [0.3, 0.4) is 0 Å². The molecule has 4 N–H and O–H groups in total. The third-order valence-corrected chi connectivity index (χ3v) is 4.56. The fraction of sp³-hybridized carbons (Fsp3) is 0.471. The monoisotopic (exact) mass is 366 g/mol. The van der Waals surface area contributed by atoms with Gasteiger partial charge >= 0.3 is 0 Å². The zero-order chi connectivity index (χ0) is 18.8. The molecule has 1 aromatic carbocycles. The van der Waals surface area contributed by atoms with E-state index in [9.17, 15) is 9.59 Å². The minimum Gasteiger partial charge on any atom is -0.492 e. The zero-order valence-electron chi connectivity index (χ0n) is 14.6. The number of primary amides is 1. The average Bonchev–Trinajstić information content (AvgIpc) is 2.53. The fourth-order valence-corrected chi connectivity index (χ4v) is 2.98. The maximum Gasteiger partial charge on any atom is 0.248 e. The van der Waals surface area contributed by atoms with E-state index in [1.165, 1.54) is 11.0 Å². The summed E-state index contributed by atoms with van der Waals surface area (Å²) < 4.78 is 5.57. The molecule has 7 nitrogen and oxygen atoms in total. The minimum absolute atomic E-state index is 0.101. The van der Waals surface area contributed by atoms with E-state index in [1.807, 2.05) is 20.8 Å². The van der Waals surface area contributed by atoms with Crippen molar-refractivity contribution in [2.75, 3.05) is 6.61 Å². The summed E-state index contributed by atoms with van der Waals surface area (Å²) in [5.41, 5.74) is 11.7. The van der Waals surface area contributed by atoms with Gasteiger partial charge in [-0.05, 0) is 32.4 Å². The topological polar surface area (TPSA) is 111 Å². The van der Waals surface area contributed by atoms with Gasteiger partial charge in [-0.1, -0.05) is 18.5 Å². The quantitative estimate of drug-likeness (QED) is 0.802. The second-order valence-electron chi connectivity index (χ2n) is 6.22. The summed E-state index contributed by atoms with van der Waals surface area (Å²) in [6, 6.07) is 3.01. The number of halogens is 1. The highest BCUT2D eigenvalue weighted by Gasteiger charge is 2.35. The average molecular weight is 367 g/mol. The third kappa shape index (κ3) is 4.04. The highest BCUT2D eigenvalue weighted by Crippen LogP contribution is 2.33. The van der Waals surface area contributed by atoms with Crippen LogP contribution in [-0.2, 0) is 11.3 Å². The fourth-order valence-electron chi connectivity index (χ4n) is 2.69. The summed E-state index contributed by atoms with van der Waals surface area (Å²) in [6.07, 6.45) is 0.970. The van der Waals surface area contributed by atoms with Crippen LogP contribution in [0.5, 0.6) is 5.75 Å². The number of hydrogen-bond donors (Lipinski definition) is 2. The Morgan fingerprint density at radius 3 is 2.64 bits per heavy atom. The van der Waals surface area contributed by atoms with E-state index < -0.39 is 11.4 Å². The van der Waals surface area contributed by atoms with Gasteiger partial charge in [0.25, 0.3) is 0 Å². The summed E-state index contributed by atoms with van der Waals surface area (Å²) in [6.45, 7) is 6.16. The highest BCUT2D eigenvalue weighted by molar-refractivity contribution is 6.32. The van der Waals surface area contributed by atoms with Gasteiger partial charge in [-0.25, -0.2) is 4.99 Å². The van der Waals surface area contributed by atoms with Crippen molar-refractivity contribution in [2.24, 2.45) is 16.5 Å². The SMILES string of the molecule is CCOc1c(Cl)cc(C(N)=O)cc1CN1C(=O)CC(C)(CC)N=C1N. The second kappa shape index (κ2) is 7.31. The number of carbonyl (C=O) groups excluding carboxylic acids is 2. The maximum absolute atomic E-state index is 12.6. The Morgan fingerprint density at radius 2 is 2.12 bits per heavy atom. The predicted octanol–water partition coefficient (Wildman–Crippen LogP) is 2.05. The molecule has 1 aliphatic rings. The Bertz CT molecular complexity index is 735. The highest BCUT2D eigenvalue weighted by atomic mass is 35.5. The smallest absolute Gasteiger partial charge is 0.248 e. The van der Waals surface area contributed by atoms with Crippen LogP contribution < -0.4 is 16.2 Å². The molecule has 8 heteroatoms. The van der Waals surface area contributed by atoms with Crippen molar-refractivity contribution in [3.8, 4) is 5.75 Å². The lowest BCUT2D eigenvalue weighted by atomic mass is 9.93. The largest absolute Gasteiger partial charge is 0.492 e. The summed E-state index contributed by atoms with van der Waals surface area (Å²) in [4.78, 5) is 29.9. The Kier molecular flexibility index (Phi) is 5.57. The number of nitrogens with zero attached hydrogens (tertiary/aromatic N) is 2. The number of aliphatic imine (C=N–C) groups is 1. The van der Waals surface area contributed by atoms with Crippen molar-refractivity contribution in [3.05, 3.63) is 28.3 Å². The molecule has 136 valence electrons. The van der Waals surface area contributed by atoms with Gasteiger partial charge in [-0.15, -0.1) is 0 Å². The van der Waals surface area contributed by atoms with Gasteiger partial charge in [0, 0.05) is 11.1 Å². The van der Waals surface area contributed by atoms with E-state index in [2.05, 4.69) is 4.99 Å². The normalized spacial score (nSPS) is 20.4. The van der Waals surface area contributed by atoms with E-state index in [-0.39, 0.29) is 35.4 Å². The number of hydrogen-bond acceptors (Lipinski definition) is 5. The molecule has 0 fully saturated rings. The summed E-state index contributed by atoms with van der Waals surface area (Å²) in [5.74, 6) is -0.210. The van der Waals surface area contributed by atoms with Crippen molar-refractivity contribution in [1.29, 1.82) is 0 Å². The molecule has 0 aliphatic carbocycles. The van der Waals surface area contributed by atoms with Crippen LogP contribution >= 0.6 is 11.6 Å². The lowest BCUT2D eigenvalue weighted by Crippen LogP contribution is -2.50. The number of guanidine groups is 1. The molecule has 0 radical (unpaired) electrons. The molecule has 1 unspecified atom stereocenters. The Labute approximate surface area is 152 Å². The molecule has 0 bridgehead atoms. The lowest BCUT2D eigenvalue weighted by molar-refractivity contribution is -0.129. The molecule has 0 aromatic heterocycles. The third-order valence-electron chi connectivity index (χ3n) is 4.28. The summed E-state index contributed by atoms with van der Waals surface area (Å²) >= 11 is 6.22. The molecule has 1 aliphatic heterocycles. The summed E-state index contributed by atoms with van der Waals surface area (Å²) in [7, 11) is 0. The maximum atomic E-state index is 12.6. The first-order chi connectivity index (χ1) is 11.7. The van der Waals surface area contributed by atoms with Crippen LogP contribution in [-0.4, -0.2) is 34.8 Å². The van der Waals surface area contributed by atoms with Crippen LogP contribution in [0, 0.1) is 0 Å². The van der Waals surface area contributed by atoms with Gasteiger partial charge in [-0.3, -0.25) is 14.5 Å². The van der Waals surface area contributed by atoms with E-state index in [0.717, 1.165) is 0 Å². The van der Waals surface area contributed by atoms with Gasteiger partial charge in [0.2, 0.25) is 11.8 Å². The Balaban J connectivity index is 2.43. The van der Waals surface area contributed by atoms with Crippen molar-refractivity contribution in [1.82, 2.24) is 4.90 Å². The molecule has 1 aromatic rings. The number of carbonyl (C=O) groups is 2.